The number of carbonyl (C=O) groups is 2. The fraction of sp³-hybridized carbons (Fsp3) is 0.367. The monoisotopic (exact) mass is 514 g/mol. The van der Waals surface area contributed by atoms with Crippen molar-refractivity contribution in [1.82, 2.24) is 25.4 Å². The quantitative estimate of drug-likeness (QED) is 0.318. The van der Waals surface area contributed by atoms with Gasteiger partial charge in [-0.1, -0.05) is 73.5 Å². The first-order chi connectivity index (χ1) is 18.7. The van der Waals surface area contributed by atoms with Crippen LogP contribution in [0.3, 0.4) is 0 Å². The van der Waals surface area contributed by atoms with Gasteiger partial charge in [-0.2, -0.15) is 0 Å². The summed E-state index contributed by atoms with van der Waals surface area (Å²) in [4.78, 5) is 33.0. The molecule has 0 radical (unpaired) electrons. The minimum absolute atomic E-state index is 0.0226. The van der Waals surface area contributed by atoms with E-state index in [1.54, 1.807) is 24.5 Å². The van der Waals surface area contributed by atoms with Crippen LogP contribution in [0.4, 0.5) is 15.3 Å². The summed E-state index contributed by atoms with van der Waals surface area (Å²) in [6.07, 6.45) is 7.12. The Balaban J connectivity index is 1.10. The molecule has 1 aliphatic heterocycles. The van der Waals surface area contributed by atoms with Crippen LogP contribution in [0.15, 0.2) is 85.2 Å². The second-order valence-electron chi connectivity index (χ2n) is 9.52. The van der Waals surface area contributed by atoms with E-state index < -0.39 is 0 Å². The number of aromatic nitrogens is 1. The summed E-state index contributed by atoms with van der Waals surface area (Å²) in [7, 11) is 0. The molecule has 38 heavy (non-hydrogen) atoms. The molecule has 0 saturated carbocycles. The standard InChI is InChI=1S/C30H38N6O2/c37-29(34-27-16-11-17-31-24-27)32-18-9-1-2-10-19-33-30(38)36-22-20-35(21-23-36)28(25-12-5-3-6-13-25)26-14-7-4-8-15-26/h3-8,11-17,24,28H,1-2,9-10,18-23H2,(H,33,38)(H2,32,34,37). The van der Waals surface area contributed by atoms with Crippen molar-refractivity contribution in [2.45, 2.75) is 31.7 Å². The van der Waals surface area contributed by atoms with E-state index in [-0.39, 0.29) is 18.1 Å². The average Bonchev–Trinajstić information content (AvgIpc) is 2.96. The van der Waals surface area contributed by atoms with Crippen LogP contribution in [-0.2, 0) is 0 Å². The van der Waals surface area contributed by atoms with Gasteiger partial charge in [0.05, 0.1) is 17.9 Å². The highest BCUT2D eigenvalue weighted by Gasteiger charge is 2.27. The Hall–Kier alpha value is -3.91. The highest BCUT2D eigenvalue weighted by atomic mass is 16.2. The number of piperazine rings is 1. The number of benzene rings is 2. The number of urea groups is 2. The van der Waals surface area contributed by atoms with Crippen LogP contribution >= 0.6 is 0 Å². The average molecular weight is 515 g/mol. The van der Waals surface area contributed by atoms with E-state index in [9.17, 15) is 9.59 Å². The van der Waals surface area contributed by atoms with Crippen LogP contribution < -0.4 is 16.0 Å². The smallest absolute Gasteiger partial charge is 0.319 e. The van der Waals surface area contributed by atoms with E-state index in [2.05, 4.69) is 86.5 Å². The molecule has 0 unspecified atom stereocenters. The molecule has 0 bridgehead atoms. The van der Waals surface area contributed by atoms with Gasteiger partial charge in [0, 0.05) is 45.5 Å². The van der Waals surface area contributed by atoms with E-state index in [1.807, 2.05) is 4.90 Å². The van der Waals surface area contributed by atoms with Crippen molar-refractivity contribution in [2.75, 3.05) is 44.6 Å². The van der Waals surface area contributed by atoms with E-state index >= 15 is 0 Å². The van der Waals surface area contributed by atoms with Crippen molar-refractivity contribution in [3.63, 3.8) is 0 Å². The summed E-state index contributed by atoms with van der Waals surface area (Å²) in [6.45, 7) is 4.40. The van der Waals surface area contributed by atoms with Gasteiger partial charge in [0.2, 0.25) is 0 Å². The number of hydrogen-bond acceptors (Lipinski definition) is 4. The molecule has 2 heterocycles. The summed E-state index contributed by atoms with van der Waals surface area (Å²) < 4.78 is 0. The number of anilines is 1. The number of rotatable bonds is 11. The lowest BCUT2D eigenvalue weighted by molar-refractivity contribution is 0.120. The molecule has 8 heteroatoms. The van der Waals surface area contributed by atoms with Crippen LogP contribution in [0.2, 0.25) is 0 Å². The van der Waals surface area contributed by atoms with Gasteiger partial charge in [-0.05, 0) is 36.1 Å². The van der Waals surface area contributed by atoms with Gasteiger partial charge in [-0.3, -0.25) is 9.88 Å². The van der Waals surface area contributed by atoms with Crippen molar-refractivity contribution in [3.8, 4) is 0 Å². The number of nitrogens with one attached hydrogen (secondary N) is 3. The first-order valence-electron chi connectivity index (χ1n) is 13.5. The zero-order valence-electron chi connectivity index (χ0n) is 21.9. The van der Waals surface area contributed by atoms with Crippen molar-refractivity contribution in [1.29, 1.82) is 0 Å². The minimum atomic E-state index is -0.218. The Kier molecular flexibility index (Phi) is 10.5. The van der Waals surface area contributed by atoms with Crippen molar-refractivity contribution >= 4 is 17.7 Å². The second-order valence-corrected chi connectivity index (χ2v) is 9.52. The largest absolute Gasteiger partial charge is 0.338 e. The fourth-order valence-electron chi connectivity index (χ4n) is 4.79. The maximum absolute atomic E-state index is 12.7. The lowest BCUT2D eigenvalue weighted by Crippen LogP contribution is -2.52. The number of unbranched alkanes of at least 4 members (excludes halogenated alkanes) is 3. The van der Waals surface area contributed by atoms with Gasteiger partial charge >= 0.3 is 12.1 Å². The number of nitrogens with zero attached hydrogens (tertiary/aromatic N) is 3. The zero-order chi connectivity index (χ0) is 26.4. The molecular weight excluding hydrogens is 476 g/mol. The summed E-state index contributed by atoms with van der Waals surface area (Å²) in [5, 5.41) is 8.69. The maximum Gasteiger partial charge on any atom is 0.319 e. The van der Waals surface area contributed by atoms with E-state index in [1.165, 1.54) is 11.1 Å². The Bertz CT molecular complexity index is 1070. The molecular formula is C30H38N6O2. The lowest BCUT2D eigenvalue weighted by atomic mass is 9.96. The molecule has 3 aromatic rings. The van der Waals surface area contributed by atoms with Crippen LogP contribution in [0, 0.1) is 0 Å². The first-order valence-corrected chi connectivity index (χ1v) is 13.5. The molecule has 3 N–H and O–H groups in total. The number of carbonyl (C=O) groups excluding carboxylic acids is 2. The third-order valence-corrected chi connectivity index (χ3v) is 6.78. The zero-order valence-corrected chi connectivity index (χ0v) is 21.9. The van der Waals surface area contributed by atoms with Crippen molar-refractivity contribution in [3.05, 3.63) is 96.3 Å². The number of amides is 4. The fourth-order valence-corrected chi connectivity index (χ4v) is 4.79. The molecule has 0 atom stereocenters. The van der Waals surface area contributed by atoms with Crippen molar-refractivity contribution < 1.29 is 9.59 Å². The second kappa shape index (κ2) is 14.7. The Labute approximate surface area is 225 Å². The molecule has 1 aliphatic rings. The predicted molar refractivity (Wildman–Crippen MR) is 151 cm³/mol. The molecule has 200 valence electrons. The Morgan fingerprint density at radius 3 is 1.92 bits per heavy atom. The highest BCUT2D eigenvalue weighted by Crippen LogP contribution is 2.29. The van der Waals surface area contributed by atoms with Crippen LogP contribution in [0.1, 0.15) is 42.9 Å². The molecule has 8 nitrogen and oxygen atoms in total. The highest BCUT2D eigenvalue weighted by molar-refractivity contribution is 5.88. The Morgan fingerprint density at radius 1 is 0.737 bits per heavy atom. The van der Waals surface area contributed by atoms with Crippen LogP contribution in [0.25, 0.3) is 0 Å². The molecule has 1 fully saturated rings. The van der Waals surface area contributed by atoms with Gasteiger partial charge in [0.1, 0.15) is 0 Å². The summed E-state index contributed by atoms with van der Waals surface area (Å²) >= 11 is 0. The predicted octanol–water partition coefficient (Wildman–Crippen LogP) is 4.88. The minimum Gasteiger partial charge on any atom is -0.338 e. The van der Waals surface area contributed by atoms with E-state index in [0.29, 0.717) is 18.8 Å². The van der Waals surface area contributed by atoms with Gasteiger partial charge < -0.3 is 20.9 Å². The summed E-state index contributed by atoms with van der Waals surface area (Å²) in [5.41, 5.74) is 3.23. The molecule has 1 aromatic heterocycles. The lowest BCUT2D eigenvalue weighted by Gasteiger charge is -2.39. The molecule has 1 saturated heterocycles. The van der Waals surface area contributed by atoms with Gasteiger partial charge in [0.15, 0.2) is 0 Å². The summed E-state index contributed by atoms with van der Waals surface area (Å²) in [6, 6.07) is 24.8. The van der Waals surface area contributed by atoms with Gasteiger partial charge in [-0.15, -0.1) is 0 Å². The Morgan fingerprint density at radius 2 is 1.34 bits per heavy atom. The van der Waals surface area contributed by atoms with Crippen LogP contribution in [-0.4, -0.2) is 66.1 Å². The normalized spacial score (nSPS) is 13.8. The third-order valence-electron chi connectivity index (χ3n) is 6.78. The molecule has 4 rings (SSSR count). The summed E-state index contributed by atoms with van der Waals surface area (Å²) in [5.74, 6) is 0. The molecule has 0 spiro atoms. The van der Waals surface area contributed by atoms with E-state index in [4.69, 9.17) is 0 Å². The maximum atomic E-state index is 12.7. The molecule has 2 aromatic carbocycles. The SMILES string of the molecule is O=C(NCCCCCCNC(=O)N1CCN(C(c2ccccc2)c2ccccc2)CC1)Nc1cccnc1. The molecule has 0 aliphatic carbocycles. The van der Waals surface area contributed by atoms with Crippen molar-refractivity contribution in [2.24, 2.45) is 0 Å². The topological polar surface area (TPSA) is 89.6 Å². The number of pyridine rings is 1. The van der Waals surface area contributed by atoms with E-state index in [0.717, 1.165) is 51.9 Å². The van der Waals surface area contributed by atoms with Crippen LogP contribution in [0.5, 0.6) is 0 Å². The molecule has 4 amide bonds. The van der Waals surface area contributed by atoms with Gasteiger partial charge in [-0.25, -0.2) is 9.59 Å². The number of hydrogen-bond donors (Lipinski definition) is 3. The van der Waals surface area contributed by atoms with Gasteiger partial charge in [0.25, 0.3) is 0 Å². The first kappa shape index (κ1) is 27.1. The third kappa shape index (κ3) is 8.31.